The van der Waals surface area contributed by atoms with E-state index in [4.69, 9.17) is 20.4 Å². The predicted octanol–water partition coefficient (Wildman–Crippen LogP) is 4.47. The van der Waals surface area contributed by atoms with Crippen LogP contribution in [0, 0.1) is 5.82 Å². The van der Waals surface area contributed by atoms with Gasteiger partial charge in [-0.1, -0.05) is 13.0 Å². The van der Waals surface area contributed by atoms with Gasteiger partial charge in [-0.05, 0) is 68.2 Å². The van der Waals surface area contributed by atoms with Gasteiger partial charge in [-0.2, -0.15) is 9.97 Å². The fraction of sp³-hybridized carbons (Fsp3) is 0.531. The number of aromatic hydroxyl groups is 1. The van der Waals surface area contributed by atoms with Gasteiger partial charge in [0.15, 0.2) is 0 Å². The lowest BCUT2D eigenvalue weighted by molar-refractivity contribution is 0.0996. The fourth-order valence-electron chi connectivity index (χ4n) is 7.67. The zero-order chi connectivity index (χ0) is 29.9. The number of anilines is 2. The monoisotopic (exact) mass is 592 g/mol. The van der Waals surface area contributed by atoms with Crippen molar-refractivity contribution in [2.75, 3.05) is 42.6 Å². The van der Waals surface area contributed by atoms with E-state index in [-0.39, 0.29) is 48.2 Å². The SMILES string of the molecule is CCc1c(F)ccc2cc(O)cc(N3Cc4nc(OCC56CCCN5CC(F)C6)nc(N5CCCC(N)CC5)c4C3=O)c12. The van der Waals surface area contributed by atoms with Gasteiger partial charge < -0.3 is 25.4 Å². The number of alkyl halides is 1. The minimum atomic E-state index is -0.872. The van der Waals surface area contributed by atoms with Gasteiger partial charge in [0.1, 0.15) is 35.7 Å². The first-order valence-electron chi connectivity index (χ1n) is 15.5. The molecule has 0 aliphatic carbocycles. The summed E-state index contributed by atoms with van der Waals surface area (Å²) in [5, 5.41) is 11.8. The number of hydrogen-bond acceptors (Lipinski definition) is 8. The van der Waals surface area contributed by atoms with E-state index in [9.17, 15) is 18.7 Å². The Balaban J connectivity index is 1.29. The maximum Gasteiger partial charge on any atom is 0.318 e. The Morgan fingerprint density at radius 1 is 1.16 bits per heavy atom. The van der Waals surface area contributed by atoms with Crippen molar-refractivity contribution in [1.82, 2.24) is 14.9 Å². The van der Waals surface area contributed by atoms with E-state index in [0.717, 1.165) is 38.6 Å². The van der Waals surface area contributed by atoms with Crippen LogP contribution >= 0.6 is 0 Å². The quantitative estimate of drug-likeness (QED) is 0.432. The zero-order valence-corrected chi connectivity index (χ0v) is 24.5. The average Bonchev–Trinajstić information content (AvgIpc) is 3.56. The first kappa shape index (κ1) is 28.2. The molecule has 5 heterocycles. The zero-order valence-electron chi connectivity index (χ0n) is 24.5. The number of aromatic nitrogens is 2. The summed E-state index contributed by atoms with van der Waals surface area (Å²) in [6, 6.07) is 6.35. The smallest absolute Gasteiger partial charge is 0.318 e. The highest BCUT2D eigenvalue weighted by molar-refractivity contribution is 6.16. The number of halogens is 2. The summed E-state index contributed by atoms with van der Waals surface area (Å²) in [5.41, 5.74) is 7.73. The molecule has 1 aromatic heterocycles. The van der Waals surface area contributed by atoms with Gasteiger partial charge in [0.25, 0.3) is 5.91 Å². The van der Waals surface area contributed by atoms with E-state index in [1.807, 2.05) is 6.92 Å². The van der Waals surface area contributed by atoms with Crippen LogP contribution in [0.3, 0.4) is 0 Å². The number of carbonyl (C=O) groups excluding carboxylic acids is 1. The summed E-state index contributed by atoms with van der Waals surface area (Å²) in [7, 11) is 0. The maximum absolute atomic E-state index is 15.0. The van der Waals surface area contributed by atoms with Crippen LogP contribution < -0.4 is 20.3 Å². The molecule has 11 heteroatoms. The first-order valence-corrected chi connectivity index (χ1v) is 15.5. The average molecular weight is 593 g/mol. The van der Waals surface area contributed by atoms with E-state index < -0.39 is 6.17 Å². The molecule has 43 heavy (non-hydrogen) atoms. The molecule has 7 rings (SSSR count). The number of phenols is 1. The van der Waals surface area contributed by atoms with Crippen LogP contribution in [0.1, 0.15) is 67.1 Å². The molecule has 0 bridgehead atoms. The van der Waals surface area contributed by atoms with Crippen molar-refractivity contribution in [3.8, 4) is 11.8 Å². The minimum absolute atomic E-state index is 0.0140. The standard InChI is InChI=1S/C32H38F2N6O3/c1-2-23-24(34)7-6-19-13-22(41)14-26(27(19)23)40-17-25-28(30(40)42)29(38-10-3-5-21(35)8-12-38)37-31(36-25)43-18-32-9-4-11-39(32)16-20(33)15-32/h6-7,13-14,20-21,41H,2-5,8-12,15-18,35H2,1H3. The van der Waals surface area contributed by atoms with Gasteiger partial charge in [-0.15, -0.1) is 0 Å². The number of ether oxygens (including phenoxy) is 1. The molecule has 3 N–H and O–H groups in total. The number of nitrogens with zero attached hydrogens (tertiary/aromatic N) is 5. The third-order valence-corrected chi connectivity index (χ3v) is 9.79. The van der Waals surface area contributed by atoms with Gasteiger partial charge in [-0.25, -0.2) is 8.78 Å². The van der Waals surface area contributed by atoms with Crippen LogP contribution in [-0.4, -0.2) is 76.4 Å². The molecule has 0 spiro atoms. The number of carbonyl (C=O) groups is 1. The highest BCUT2D eigenvalue weighted by Crippen LogP contribution is 2.43. The molecule has 1 amide bonds. The Bertz CT molecular complexity index is 1590. The number of aryl methyl sites for hydroxylation is 1. The van der Waals surface area contributed by atoms with Crippen LogP contribution in [0.25, 0.3) is 10.8 Å². The van der Waals surface area contributed by atoms with Crippen molar-refractivity contribution < 1.29 is 23.4 Å². The van der Waals surface area contributed by atoms with Crippen molar-refractivity contribution in [1.29, 1.82) is 0 Å². The minimum Gasteiger partial charge on any atom is -0.508 e. The lowest BCUT2D eigenvalue weighted by Gasteiger charge is -2.31. The molecular formula is C32H38F2N6O3. The first-order chi connectivity index (χ1) is 20.8. The molecule has 4 aliphatic rings. The highest BCUT2D eigenvalue weighted by atomic mass is 19.1. The van der Waals surface area contributed by atoms with Gasteiger partial charge in [-0.3, -0.25) is 9.69 Å². The molecule has 9 nitrogen and oxygen atoms in total. The molecular weight excluding hydrogens is 554 g/mol. The Kier molecular flexibility index (Phi) is 7.12. The van der Waals surface area contributed by atoms with E-state index >= 15 is 0 Å². The topological polar surface area (TPSA) is 108 Å². The highest BCUT2D eigenvalue weighted by Gasteiger charge is 2.49. The maximum atomic E-state index is 15.0. The Morgan fingerprint density at radius 3 is 2.86 bits per heavy atom. The Labute approximate surface area is 249 Å². The van der Waals surface area contributed by atoms with Crippen molar-refractivity contribution in [2.45, 2.75) is 76.2 Å². The lowest BCUT2D eigenvalue weighted by Crippen LogP contribution is -2.43. The van der Waals surface area contributed by atoms with Crippen LogP contribution in [0.4, 0.5) is 20.3 Å². The van der Waals surface area contributed by atoms with Crippen molar-refractivity contribution in [3.63, 3.8) is 0 Å². The Hall–Kier alpha value is -3.57. The van der Waals surface area contributed by atoms with Gasteiger partial charge in [0.2, 0.25) is 0 Å². The molecule has 3 saturated heterocycles. The number of phenolic OH excluding ortho intramolecular Hbond substituents is 1. The van der Waals surface area contributed by atoms with Crippen molar-refractivity contribution >= 4 is 28.2 Å². The molecule has 3 fully saturated rings. The van der Waals surface area contributed by atoms with Crippen LogP contribution in [-0.2, 0) is 13.0 Å². The molecule has 3 unspecified atom stereocenters. The van der Waals surface area contributed by atoms with Crippen LogP contribution in [0.5, 0.6) is 11.8 Å². The molecule has 228 valence electrons. The Morgan fingerprint density at radius 2 is 2.02 bits per heavy atom. The second-order valence-electron chi connectivity index (χ2n) is 12.5. The fourth-order valence-corrected chi connectivity index (χ4v) is 7.67. The summed E-state index contributed by atoms with van der Waals surface area (Å²) in [6.45, 7) is 4.88. The summed E-state index contributed by atoms with van der Waals surface area (Å²) < 4.78 is 35.6. The van der Waals surface area contributed by atoms with Crippen LogP contribution in [0.15, 0.2) is 24.3 Å². The summed E-state index contributed by atoms with van der Waals surface area (Å²) >= 11 is 0. The lowest BCUT2D eigenvalue weighted by atomic mass is 9.95. The van der Waals surface area contributed by atoms with E-state index in [1.54, 1.807) is 17.0 Å². The van der Waals surface area contributed by atoms with Gasteiger partial charge in [0, 0.05) is 43.5 Å². The molecule has 3 aromatic rings. The second kappa shape index (κ2) is 10.9. The van der Waals surface area contributed by atoms with Crippen molar-refractivity contribution in [2.24, 2.45) is 5.73 Å². The number of fused-ring (bicyclic) bond motifs is 3. The largest absolute Gasteiger partial charge is 0.508 e. The third kappa shape index (κ3) is 4.86. The summed E-state index contributed by atoms with van der Waals surface area (Å²) in [5.74, 6) is -0.172. The molecule has 0 saturated carbocycles. The number of hydrogen-bond donors (Lipinski definition) is 2. The third-order valence-electron chi connectivity index (χ3n) is 9.79. The molecule has 4 aliphatic heterocycles. The number of rotatable bonds is 6. The van der Waals surface area contributed by atoms with Crippen molar-refractivity contribution in [3.05, 3.63) is 46.9 Å². The second-order valence-corrected chi connectivity index (χ2v) is 12.5. The number of nitrogens with two attached hydrogens (primary N) is 1. The van der Waals surface area contributed by atoms with E-state index in [0.29, 0.717) is 71.6 Å². The summed E-state index contributed by atoms with van der Waals surface area (Å²) in [6.07, 6.45) is 4.36. The van der Waals surface area contributed by atoms with E-state index in [1.165, 1.54) is 12.1 Å². The predicted molar refractivity (Wildman–Crippen MR) is 160 cm³/mol. The van der Waals surface area contributed by atoms with Gasteiger partial charge in [0.05, 0.1) is 23.5 Å². The number of amides is 1. The number of benzene rings is 2. The van der Waals surface area contributed by atoms with E-state index in [2.05, 4.69) is 9.80 Å². The molecule has 2 aromatic carbocycles. The molecule has 0 radical (unpaired) electrons. The summed E-state index contributed by atoms with van der Waals surface area (Å²) in [4.78, 5) is 29.6. The van der Waals surface area contributed by atoms with Gasteiger partial charge >= 0.3 is 6.01 Å². The normalized spacial score (nSPS) is 25.8. The molecule has 3 atom stereocenters. The van der Waals surface area contributed by atoms with Crippen LogP contribution in [0.2, 0.25) is 0 Å².